The molecule has 0 aromatic heterocycles. The van der Waals surface area contributed by atoms with E-state index in [4.69, 9.17) is 0 Å². The van der Waals surface area contributed by atoms with Crippen LogP contribution >= 0.6 is 0 Å². The molecule has 41 heavy (non-hydrogen) atoms. The maximum Gasteiger partial charge on any atom is 0.416 e. The van der Waals surface area contributed by atoms with Crippen LogP contribution in [0.15, 0.2) is 83.8 Å². The van der Waals surface area contributed by atoms with Gasteiger partial charge in [-0.05, 0) is 61.4 Å². The van der Waals surface area contributed by atoms with Gasteiger partial charge in [-0.15, -0.1) is 0 Å². The quantitative estimate of drug-likeness (QED) is 0.226. The minimum atomic E-state index is -4.76. The van der Waals surface area contributed by atoms with Crippen molar-refractivity contribution in [1.29, 1.82) is 0 Å². The van der Waals surface area contributed by atoms with Gasteiger partial charge in [0.1, 0.15) is 18.4 Å². The molecule has 1 atom stereocenters. The number of nitrogens with one attached hydrogen (secondary N) is 1. The van der Waals surface area contributed by atoms with Crippen LogP contribution in [0.4, 0.5) is 23.2 Å². The first-order valence-corrected chi connectivity index (χ1v) is 14.3. The van der Waals surface area contributed by atoms with E-state index in [1.807, 2.05) is 6.92 Å². The van der Waals surface area contributed by atoms with Crippen molar-refractivity contribution < 1.29 is 35.6 Å². The lowest BCUT2D eigenvalue weighted by atomic mass is 10.1. The van der Waals surface area contributed by atoms with E-state index in [0.29, 0.717) is 28.9 Å². The molecule has 3 aromatic carbocycles. The smallest absolute Gasteiger partial charge is 0.354 e. The Bertz CT molecular complexity index is 1430. The van der Waals surface area contributed by atoms with E-state index in [1.165, 1.54) is 55.5 Å². The molecule has 1 unspecified atom stereocenters. The Morgan fingerprint density at radius 1 is 0.951 bits per heavy atom. The molecule has 0 radical (unpaired) electrons. The summed E-state index contributed by atoms with van der Waals surface area (Å²) >= 11 is 0. The van der Waals surface area contributed by atoms with E-state index >= 15 is 0 Å². The summed E-state index contributed by atoms with van der Waals surface area (Å²) in [5, 5.41) is 2.73. The van der Waals surface area contributed by atoms with Gasteiger partial charge in [0, 0.05) is 13.1 Å². The Morgan fingerprint density at radius 2 is 1.61 bits per heavy atom. The van der Waals surface area contributed by atoms with Gasteiger partial charge in [-0.25, -0.2) is 12.8 Å². The average Bonchev–Trinajstić information content (AvgIpc) is 2.95. The highest BCUT2D eigenvalue weighted by molar-refractivity contribution is 7.92. The number of rotatable bonds is 12. The normalized spacial score (nSPS) is 12.4. The zero-order valence-corrected chi connectivity index (χ0v) is 23.4. The summed E-state index contributed by atoms with van der Waals surface area (Å²) < 4.78 is 82.0. The van der Waals surface area contributed by atoms with Crippen molar-refractivity contribution in [3.8, 4) is 0 Å². The van der Waals surface area contributed by atoms with E-state index in [2.05, 4.69) is 5.32 Å². The Morgan fingerprint density at radius 3 is 2.22 bits per heavy atom. The van der Waals surface area contributed by atoms with Crippen LogP contribution in [0, 0.1) is 5.82 Å². The summed E-state index contributed by atoms with van der Waals surface area (Å²) in [6.45, 7) is 2.69. The molecule has 0 fully saturated rings. The number of benzene rings is 3. The van der Waals surface area contributed by atoms with Crippen LogP contribution in [-0.4, -0.2) is 44.3 Å². The molecular weight excluding hydrogens is 562 g/mol. The van der Waals surface area contributed by atoms with Gasteiger partial charge in [0.25, 0.3) is 10.0 Å². The monoisotopic (exact) mass is 593 g/mol. The van der Waals surface area contributed by atoms with Gasteiger partial charge < -0.3 is 10.2 Å². The van der Waals surface area contributed by atoms with Crippen molar-refractivity contribution in [2.24, 2.45) is 0 Å². The van der Waals surface area contributed by atoms with E-state index in [0.717, 1.165) is 29.5 Å². The van der Waals surface area contributed by atoms with Crippen molar-refractivity contribution in [1.82, 2.24) is 10.2 Å². The van der Waals surface area contributed by atoms with Crippen molar-refractivity contribution in [3.63, 3.8) is 0 Å². The highest BCUT2D eigenvalue weighted by Crippen LogP contribution is 2.33. The number of anilines is 1. The van der Waals surface area contributed by atoms with Crippen LogP contribution in [0.25, 0.3) is 0 Å². The maximum atomic E-state index is 13.8. The number of nitrogens with zero attached hydrogens (tertiary/aromatic N) is 2. The van der Waals surface area contributed by atoms with E-state index in [9.17, 15) is 35.6 Å². The Hall–Kier alpha value is -3.93. The van der Waals surface area contributed by atoms with Crippen molar-refractivity contribution in [2.75, 3.05) is 17.4 Å². The van der Waals surface area contributed by atoms with Crippen molar-refractivity contribution in [2.45, 2.75) is 50.3 Å². The Kier molecular flexibility index (Phi) is 10.5. The second-order valence-corrected chi connectivity index (χ2v) is 11.2. The van der Waals surface area contributed by atoms with Crippen molar-refractivity contribution >= 4 is 27.5 Å². The van der Waals surface area contributed by atoms with Crippen LogP contribution in [0.2, 0.25) is 0 Å². The first kappa shape index (κ1) is 31.6. The summed E-state index contributed by atoms with van der Waals surface area (Å²) in [5.74, 6) is -1.85. The molecule has 0 aliphatic rings. The van der Waals surface area contributed by atoms with E-state index in [1.54, 1.807) is 6.07 Å². The van der Waals surface area contributed by atoms with Gasteiger partial charge in [-0.2, -0.15) is 13.2 Å². The predicted molar refractivity (Wildman–Crippen MR) is 147 cm³/mol. The molecule has 0 spiro atoms. The number of amides is 2. The molecule has 0 saturated carbocycles. The lowest BCUT2D eigenvalue weighted by Gasteiger charge is -2.32. The molecule has 0 heterocycles. The fourth-order valence-electron chi connectivity index (χ4n) is 3.99. The third-order valence-corrected chi connectivity index (χ3v) is 8.12. The standard InChI is InChI=1S/C29H31F4N3O4S/c1-3-4-17-34-28(38)21(2)35(19-22-13-15-24(30)16-14-22)27(37)20-36(41(39,40)26-11-6-5-7-12-26)25-10-8-9-23(18-25)29(31,32)33/h5-16,18,21H,3-4,17,19-20H2,1-2H3,(H,34,38). The predicted octanol–water partition coefficient (Wildman–Crippen LogP) is 5.37. The zero-order valence-electron chi connectivity index (χ0n) is 22.6. The fraction of sp³-hybridized carbons (Fsp3) is 0.310. The number of unbranched alkanes of at least 4 members (excludes halogenated alkanes) is 1. The summed E-state index contributed by atoms with van der Waals surface area (Å²) in [6, 6.07) is 14.8. The number of hydrogen-bond donors (Lipinski definition) is 1. The Labute approximate surface area is 236 Å². The third-order valence-electron chi connectivity index (χ3n) is 6.33. The number of alkyl halides is 3. The topological polar surface area (TPSA) is 86.8 Å². The number of carbonyl (C=O) groups is 2. The van der Waals surface area contributed by atoms with Gasteiger partial charge >= 0.3 is 6.18 Å². The molecule has 0 aliphatic carbocycles. The second kappa shape index (κ2) is 13.6. The molecule has 7 nitrogen and oxygen atoms in total. The van der Waals surface area contributed by atoms with Crippen LogP contribution in [-0.2, 0) is 32.3 Å². The number of carbonyl (C=O) groups excluding carboxylic acids is 2. The molecule has 0 aliphatic heterocycles. The molecule has 0 saturated heterocycles. The Balaban J connectivity index is 2.04. The van der Waals surface area contributed by atoms with Crippen molar-refractivity contribution in [3.05, 3.63) is 95.8 Å². The molecule has 1 N–H and O–H groups in total. The minimum Gasteiger partial charge on any atom is -0.354 e. The van der Waals surface area contributed by atoms with Crippen LogP contribution in [0.5, 0.6) is 0 Å². The first-order valence-electron chi connectivity index (χ1n) is 12.9. The highest BCUT2D eigenvalue weighted by Gasteiger charge is 2.35. The van der Waals surface area contributed by atoms with Gasteiger partial charge in [0.2, 0.25) is 11.8 Å². The van der Waals surface area contributed by atoms with Crippen LogP contribution in [0.3, 0.4) is 0 Å². The number of sulfonamides is 1. The van der Waals surface area contributed by atoms with E-state index in [-0.39, 0.29) is 17.1 Å². The highest BCUT2D eigenvalue weighted by atomic mass is 32.2. The number of hydrogen-bond acceptors (Lipinski definition) is 4. The fourth-order valence-corrected chi connectivity index (χ4v) is 5.42. The van der Waals surface area contributed by atoms with Gasteiger partial charge in [-0.3, -0.25) is 13.9 Å². The lowest BCUT2D eigenvalue weighted by Crippen LogP contribution is -2.51. The second-order valence-electron chi connectivity index (χ2n) is 9.34. The number of halogens is 4. The summed E-state index contributed by atoms with van der Waals surface area (Å²) in [7, 11) is -4.52. The molecule has 0 bridgehead atoms. The zero-order chi connectivity index (χ0) is 30.2. The molecule has 3 rings (SSSR count). The first-order chi connectivity index (χ1) is 19.3. The molecule has 220 valence electrons. The summed E-state index contributed by atoms with van der Waals surface area (Å²) in [5.41, 5.74) is -1.01. The van der Waals surface area contributed by atoms with E-state index < -0.39 is 52.0 Å². The largest absolute Gasteiger partial charge is 0.416 e. The van der Waals surface area contributed by atoms with Crippen LogP contribution in [0.1, 0.15) is 37.8 Å². The molecule has 2 amide bonds. The summed E-state index contributed by atoms with van der Waals surface area (Å²) in [4.78, 5) is 27.6. The molecular formula is C29H31F4N3O4S. The summed E-state index contributed by atoms with van der Waals surface area (Å²) in [6.07, 6.45) is -3.25. The average molecular weight is 594 g/mol. The molecule has 3 aromatic rings. The van der Waals surface area contributed by atoms with Gasteiger partial charge in [-0.1, -0.05) is 49.7 Å². The molecule has 12 heteroatoms. The lowest BCUT2D eigenvalue weighted by molar-refractivity contribution is -0.139. The van der Waals surface area contributed by atoms with Gasteiger partial charge in [0.15, 0.2) is 0 Å². The maximum absolute atomic E-state index is 13.8. The third kappa shape index (κ3) is 8.29. The van der Waals surface area contributed by atoms with Crippen LogP contribution < -0.4 is 9.62 Å². The van der Waals surface area contributed by atoms with Gasteiger partial charge in [0.05, 0.1) is 16.1 Å². The SMILES string of the molecule is CCCCNC(=O)C(C)N(Cc1ccc(F)cc1)C(=O)CN(c1cccc(C(F)(F)F)c1)S(=O)(=O)c1ccccc1. The minimum absolute atomic E-state index is 0.177.